The minimum atomic E-state index is -0.270. The van der Waals surface area contributed by atoms with E-state index in [1.165, 1.54) is 0 Å². The lowest BCUT2D eigenvalue weighted by atomic mass is 9.95. The van der Waals surface area contributed by atoms with Crippen molar-refractivity contribution < 1.29 is 14.4 Å². The monoisotopic (exact) mass is 526 g/mol. The van der Waals surface area contributed by atoms with Gasteiger partial charge in [0.15, 0.2) is 12.1 Å². The second kappa shape index (κ2) is 12.8. The second-order valence-electron chi connectivity index (χ2n) is 8.68. The van der Waals surface area contributed by atoms with Crippen LogP contribution in [0.3, 0.4) is 0 Å². The summed E-state index contributed by atoms with van der Waals surface area (Å²) in [6.45, 7) is 14.7. The van der Waals surface area contributed by atoms with Crippen molar-refractivity contribution in [3.05, 3.63) is 65.2 Å². The van der Waals surface area contributed by atoms with Crippen molar-refractivity contribution in [1.82, 2.24) is 21.0 Å². The van der Waals surface area contributed by atoms with Crippen molar-refractivity contribution in [3.63, 3.8) is 0 Å². The number of hydrogen-bond donors (Lipinski definition) is 3. The van der Waals surface area contributed by atoms with Crippen LogP contribution in [0.2, 0.25) is 5.02 Å². The molecule has 3 aliphatic heterocycles. The molecule has 3 unspecified atom stereocenters. The number of piperidine rings is 1. The Labute approximate surface area is 223 Å². The summed E-state index contributed by atoms with van der Waals surface area (Å²) < 4.78 is 0. The SMILES string of the molecule is C/C=C1/C=C(c2ccc(C3=NC(C)ON3)cc2Cl)C(=O)N(CC)/C1=N/C(C)NC1CCC(=O)NC1.C=C. The van der Waals surface area contributed by atoms with E-state index in [2.05, 4.69) is 34.3 Å². The number of halogens is 1. The second-order valence-corrected chi connectivity index (χ2v) is 9.09. The van der Waals surface area contributed by atoms with Crippen LogP contribution in [0, 0.1) is 0 Å². The van der Waals surface area contributed by atoms with E-state index in [4.69, 9.17) is 21.4 Å². The average molecular weight is 527 g/mol. The molecule has 0 aromatic heterocycles. The Hall–Kier alpha value is -3.27. The van der Waals surface area contributed by atoms with E-state index in [1.54, 1.807) is 11.0 Å². The van der Waals surface area contributed by atoms with E-state index in [9.17, 15) is 9.59 Å². The Morgan fingerprint density at radius 2 is 2.14 bits per heavy atom. The van der Waals surface area contributed by atoms with Crippen LogP contribution < -0.4 is 16.1 Å². The molecule has 0 bridgehead atoms. The van der Waals surface area contributed by atoms with Gasteiger partial charge in [-0.25, -0.2) is 20.3 Å². The third kappa shape index (κ3) is 6.54. The minimum Gasteiger partial charge on any atom is -0.355 e. The maximum Gasteiger partial charge on any atom is 0.260 e. The molecule has 4 rings (SSSR count). The predicted octanol–water partition coefficient (Wildman–Crippen LogP) is 3.57. The van der Waals surface area contributed by atoms with Crippen molar-refractivity contribution in [2.75, 3.05) is 13.1 Å². The summed E-state index contributed by atoms with van der Waals surface area (Å²) in [6, 6.07) is 5.63. The van der Waals surface area contributed by atoms with Crippen LogP contribution in [0.4, 0.5) is 0 Å². The molecule has 2 amide bonds. The zero-order valence-electron chi connectivity index (χ0n) is 21.8. The Balaban J connectivity index is 0.00000186. The van der Waals surface area contributed by atoms with Gasteiger partial charge in [0.25, 0.3) is 5.91 Å². The molecule has 0 radical (unpaired) electrons. The summed E-state index contributed by atoms with van der Waals surface area (Å²) in [5.74, 6) is 1.14. The summed E-state index contributed by atoms with van der Waals surface area (Å²) in [6.07, 6.45) is 4.55. The fourth-order valence-electron chi connectivity index (χ4n) is 4.35. The molecule has 0 saturated carbocycles. The molecule has 37 heavy (non-hydrogen) atoms. The van der Waals surface area contributed by atoms with Crippen LogP contribution in [-0.2, 0) is 14.4 Å². The van der Waals surface area contributed by atoms with Crippen LogP contribution in [0.5, 0.6) is 0 Å². The first-order valence-corrected chi connectivity index (χ1v) is 12.8. The first-order chi connectivity index (χ1) is 17.8. The molecule has 3 atom stereocenters. The third-order valence-corrected chi connectivity index (χ3v) is 6.46. The molecule has 0 spiro atoms. The third-order valence-electron chi connectivity index (χ3n) is 6.14. The normalized spacial score (nSPS) is 24.6. The molecular weight excluding hydrogens is 492 g/mol. The summed E-state index contributed by atoms with van der Waals surface area (Å²) >= 11 is 6.64. The molecule has 0 aliphatic carbocycles. The van der Waals surface area contributed by atoms with Crippen molar-refractivity contribution in [1.29, 1.82) is 0 Å². The van der Waals surface area contributed by atoms with Gasteiger partial charge in [-0.1, -0.05) is 29.8 Å². The fraction of sp³-hybridized carbons (Fsp3) is 0.407. The molecule has 3 N–H and O–H groups in total. The van der Waals surface area contributed by atoms with Crippen LogP contribution in [0.1, 0.15) is 51.7 Å². The van der Waals surface area contributed by atoms with Crippen molar-refractivity contribution in [2.24, 2.45) is 9.98 Å². The molecule has 10 heteroatoms. The number of carbonyl (C=O) groups excluding carboxylic acids is 2. The molecule has 198 valence electrons. The predicted molar refractivity (Wildman–Crippen MR) is 148 cm³/mol. The largest absolute Gasteiger partial charge is 0.355 e. The van der Waals surface area contributed by atoms with Gasteiger partial charge in [-0.15, -0.1) is 13.2 Å². The Morgan fingerprint density at radius 3 is 2.70 bits per heavy atom. The van der Waals surface area contributed by atoms with Gasteiger partial charge in [0.1, 0.15) is 5.84 Å². The lowest BCUT2D eigenvalue weighted by molar-refractivity contribution is -0.123. The van der Waals surface area contributed by atoms with Gasteiger partial charge in [-0.3, -0.25) is 19.8 Å². The average Bonchev–Trinajstić information content (AvgIpc) is 3.33. The zero-order valence-corrected chi connectivity index (χ0v) is 22.6. The maximum absolute atomic E-state index is 13.5. The van der Waals surface area contributed by atoms with Crippen LogP contribution in [0.25, 0.3) is 5.57 Å². The highest BCUT2D eigenvalue weighted by molar-refractivity contribution is 6.37. The minimum absolute atomic E-state index is 0.0769. The molecule has 1 saturated heterocycles. The van der Waals surface area contributed by atoms with E-state index in [1.807, 2.05) is 52.0 Å². The zero-order chi connectivity index (χ0) is 27.1. The molecule has 1 aromatic carbocycles. The Morgan fingerprint density at radius 1 is 1.38 bits per heavy atom. The number of amides is 2. The standard InChI is InChI=1S/C25H31ClN6O3.C2H4/c1-5-16-11-20(19-9-7-17(12-21(19)26)23-30-15(4)35-31-23)25(34)32(6-2)24(16)29-14(3)28-18-8-10-22(33)27-13-18;1-2/h5,7,9,11-12,14-15,18,28H,6,8,10,13H2,1-4H3,(H,27,33)(H,30,31);1-2H2/b16-5-,29-24+;. The van der Waals surface area contributed by atoms with Crippen LogP contribution >= 0.6 is 11.6 Å². The highest BCUT2D eigenvalue weighted by Gasteiger charge is 2.31. The van der Waals surface area contributed by atoms with Gasteiger partial charge in [0.05, 0.1) is 6.17 Å². The number of nitrogens with zero attached hydrogens (tertiary/aromatic N) is 3. The fourth-order valence-corrected chi connectivity index (χ4v) is 4.63. The number of hydroxylamine groups is 1. The molecule has 1 fully saturated rings. The van der Waals surface area contributed by atoms with E-state index in [0.29, 0.717) is 47.3 Å². The summed E-state index contributed by atoms with van der Waals surface area (Å²) in [5.41, 5.74) is 5.58. The smallest absolute Gasteiger partial charge is 0.260 e. The molecule has 1 aromatic rings. The summed E-state index contributed by atoms with van der Waals surface area (Å²) in [7, 11) is 0. The van der Waals surface area contributed by atoms with Gasteiger partial charge < -0.3 is 5.32 Å². The number of aliphatic imine (C=N–C) groups is 2. The number of rotatable bonds is 6. The number of benzene rings is 1. The van der Waals surface area contributed by atoms with Gasteiger partial charge in [0.2, 0.25) is 5.91 Å². The summed E-state index contributed by atoms with van der Waals surface area (Å²) in [4.78, 5) is 41.1. The number of likely N-dealkylation sites (N-methyl/N-ethyl adjacent to an activating group) is 1. The first kappa shape index (κ1) is 28.3. The van der Waals surface area contributed by atoms with Gasteiger partial charge in [-0.2, -0.15) is 0 Å². The highest BCUT2D eigenvalue weighted by Crippen LogP contribution is 2.32. The first-order valence-electron chi connectivity index (χ1n) is 12.4. The number of amidine groups is 2. The molecule has 3 heterocycles. The molecule has 9 nitrogen and oxygen atoms in total. The van der Waals surface area contributed by atoms with E-state index in [-0.39, 0.29) is 30.2 Å². The highest BCUT2D eigenvalue weighted by atomic mass is 35.5. The lowest BCUT2D eigenvalue weighted by Gasteiger charge is -2.31. The number of carbonyl (C=O) groups is 2. The number of nitrogens with one attached hydrogen (secondary N) is 3. The number of hydrogen-bond acceptors (Lipinski definition) is 7. The van der Waals surface area contributed by atoms with E-state index >= 15 is 0 Å². The quantitative estimate of drug-likeness (QED) is 0.491. The van der Waals surface area contributed by atoms with Gasteiger partial charge in [0, 0.05) is 52.8 Å². The van der Waals surface area contributed by atoms with E-state index < -0.39 is 0 Å². The van der Waals surface area contributed by atoms with Crippen molar-refractivity contribution in [3.8, 4) is 0 Å². The van der Waals surface area contributed by atoms with Crippen LogP contribution in [-0.4, -0.2) is 59.9 Å². The Kier molecular flexibility index (Phi) is 9.79. The van der Waals surface area contributed by atoms with Crippen molar-refractivity contribution in [2.45, 2.75) is 59.0 Å². The van der Waals surface area contributed by atoms with Crippen molar-refractivity contribution >= 4 is 40.7 Å². The van der Waals surface area contributed by atoms with Crippen LogP contribution in [0.15, 0.2) is 59.1 Å². The van der Waals surface area contributed by atoms with E-state index in [0.717, 1.165) is 17.6 Å². The number of allylic oxidation sites excluding steroid dienone is 1. The molecule has 3 aliphatic rings. The summed E-state index contributed by atoms with van der Waals surface area (Å²) in [5, 5.41) is 6.77. The topological polar surface area (TPSA) is 107 Å². The van der Waals surface area contributed by atoms with Gasteiger partial charge >= 0.3 is 0 Å². The maximum atomic E-state index is 13.5. The van der Waals surface area contributed by atoms with Gasteiger partial charge in [-0.05, 0) is 46.3 Å². The molecular formula is C27H35ClN6O3. The Bertz CT molecular complexity index is 1150. The lowest BCUT2D eigenvalue weighted by Crippen LogP contribution is -2.49.